The lowest BCUT2D eigenvalue weighted by molar-refractivity contribution is 0.0637. The number of urea groups is 1. The summed E-state index contributed by atoms with van der Waals surface area (Å²) in [5.74, 6) is 0. The maximum Gasteiger partial charge on any atom is 0.319 e. The molecular weight excluding hydrogens is 322 g/mol. The van der Waals surface area contributed by atoms with Crippen molar-refractivity contribution in [1.82, 2.24) is 5.32 Å². The van der Waals surface area contributed by atoms with Crippen molar-refractivity contribution in [3.05, 3.63) is 46.7 Å². The lowest BCUT2D eigenvalue weighted by atomic mass is 10.1. The normalized spacial score (nSPS) is 13.4. The fourth-order valence-electron chi connectivity index (χ4n) is 2.20. The highest BCUT2D eigenvalue weighted by molar-refractivity contribution is 7.10. The molecule has 0 saturated heterocycles. The molecule has 0 radical (unpaired) electrons. The predicted molar refractivity (Wildman–Crippen MR) is 101 cm³/mol. The molecule has 1 aromatic heterocycles. The number of nitrogens with zero attached hydrogens (tertiary/aromatic N) is 1. The summed E-state index contributed by atoms with van der Waals surface area (Å²) >= 11 is 1.47. The first-order valence-corrected chi connectivity index (χ1v) is 8.81. The quantitative estimate of drug-likeness (QED) is 0.748. The third kappa shape index (κ3) is 4.72. The Morgan fingerprint density at radius 1 is 1.33 bits per heavy atom. The number of benzene rings is 1. The van der Waals surface area contributed by atoms with Gasteiger partial charge in [0.15, 0.2) is 0 Å². The Balaban J connectivity index is 1.94. The van der Waals surface area contributed by atoms with Crippen molar-refractivity contribution in [2.24, 2.45) is 0 Å². The highest BCUT2D eigenvalue weighted by Gasteiger charge is 2.24. The summed E-state index contributed by atoms with van der Waals surface area (Å²) < 4.78 is 0. The number of thiophene rings is 1. The molecule has 2 rings (SSSR count). The third-order valence-corrected chi connectivity index (χ3v) is 5.05. The lowest BCUT2D eigenvalue weighted by Gasteiger charge is -2.24. The van der Waals surface area contributed by atoms with Gasteiger partial charge in [0.2, 0.25) is 0 Å². The summed E-state index contributed by atoms with van der Waals surface area (Å²) in [6, 6.07) is 11.5. The van der Waals surface area contributed by atoms with Gasteiger partial charge in [-0.25, -0.2) is 4.79 Å². The van der Waals surface area contributed by atoms with Crippen molar-refractivity contribution < 1.29 is 9.90 Å². The van der Waals surface area contributed by atoms with Gasteiger partial charge in [0.1, 0.15) is 5.60 Å². The Hall–Kier alpha value is -2.05. The Labute approximate surface area is 147 Å². The van der Waals surface area contributed by atoms with Crippen molar-refractivity contribution in [2.45, 2.75) is 32.4 Å². The van der Waals surface area contributed by atoms with Crippen LogP contribution in [0.5, 0.6) is 0 Å². The van der Waals surface area contributed by atoms with E-state index in [0.717, 1.165) is 10.6 Å². The largest absolute Gasteiger partial charge is 0.383 e. The molecule has 6 heteroatoms. The van der Waals surface area contributed by atoms with E-state index in [1.165, 1.54) is 11.3 Å². The number of carbonyl (C=O) groups excluding carboxylic acids is 1. The van der Waals surface area contributed by atoms with Gasteiger partial charge >= 0.3 is 6.03 Å². The summed E-state index contributed by atoms with van der Waals surface area (Å²) in [5.41, 5.74) is 0.673. The average molecular weight is 347 g/mol. The van der Waals surface area contributed by atoms with Gasteiger partial charge in [0.05, 0.1) is 6.54 Å². The molecule has 2 aromatic rings. The van der Waals surface area contributed by atoms with Crippen LogP contribution < -0.4 is 15.5 Å². The monoisotopic (exact) mass is 347 g/mol. The van der Waals surface area contributed by atoms with Gasteiger partial charge in [0.25, 0.3) is 0 Å². The number of hydrogen-bond acceptors (Lipinski definition) is 4. The molecule has 0 fully saturated rings. The number of aliphatic hydroxyl groups is 1. The summed E-state index contributed by atoms with van der Waals surface area (Å²) in [4.78, 5) is 15.1. The van der Waals surface area contributed by atoms with Gasteiger partial charge in [-0.05, 0) is 50.4 Å². The van der Waals surface area contributed by atoms with E-state index >= 15 is 0 Å². The van der Waals surface area contributed by atoms with E-state index in [2.05, 4.69) is 29.4 Å². The molecule has 0 bridgehead atoms. The molecule has 0 aliphatic rings. The fraction of sp³-hybridized carbons (Fsp3) is 0.389. The average Bonchev–Trinajstić information content (AvgIpc) is 3.08. The Morgan fingerprint density at radius 3 is 2.71 bits per heavy atom. The second-order valence-corrected chi connectivity index (χ2v) is 7.26. The molecule has 0 aliphatic heterocycles. The van der Waals surface area contributed by atoms with Crippen molar-refractivity contribution >= 4 is 28.7 Å². The van der Waals surface area contributed by atoms with Gasteiger partial charge in [-0.3, -0.25) is 0 Å². The van der Waals surface area contributed by atoms with Crippen LogP contribution in [0.4, 0.5) is 16.2 Å². The van der Waals surface area contributed by atoms with E-state index in [4.69, 9.17) is 0 Å². The minimum atomic E-state index is -1.08. The second kappa shape index (κ2) is 7.68. The Morgan fingerprint density at radius 2 is 2.08 bits per heavy atom. The zero-order valence-electron chi connectivity index (χ0n) is 14.5. The maximum absolute atomic E-state index is 12.1. The highest BCUT2D eigenvalue weighted by atomic mass is 32.1. The van der Waals surface area contributed by atoms with Gasteiger partial charge in [0, 0.05) is 29.3 Å². The topological polar surface area (TPSA) is 64.6 Å². The first-order chi connectivity index (χ1) is 11.3. The SMILES string of the molecule is CC(C)N(C)c1cccc(NC(=O)NCC(C)(O)c2cccs2)c1. The minimum Gasteiger partial charge on any atom is -0.383 e. The van der Waals surface area contributed by atoms with E-state index in [0.29, 0.717) is 11.7 Å². The lowest BCUT2D eigenvalue weighted by Crippen LogP contribution is -2.40. The van der Waals surface area contributed by atoms with Crippen LogP contribution in [0, 0.1) is 0 Å². The van der Waals surface area contributed by atoms with Crippen molar-refractivity contribution in [3.63, 3.8) is 0 Å². The Bertz CT molecular complexity index is 669. The summed E-state index contributed by atoms with van der Waals surface area (Å²) in [6.07, 6.45) is 0. The first-order valence-electron chi connectivity index (χ1n) is 7.94. The van der Waals surface area contributed by atoms with E-state index < -0.39 is 5.60 Å². The number of rotatable bonds is 6. The van der Waals surface area contributed by atoms with Crippen LogP contribution in [0.2, 0.25) is 0 Å². The van der Waals surface area contributed by atoms with Crippen LogP contribution in [0.1, 0.15) is 25.6 Å². The molecule has 0 saturated carbocycles. The van der Waals surface area contributed by atoms with Gasteiger partial charge in [-0.1, -0.05) is 12.1 Å². The van der Waals surface area contributed by atoms with Gasteiger partial charge in [-0.15, -0.1) is 11.3 Å². The maximum atomic E-state index is 12.1. The molecule has 1 heterocycles. The number of anilines is 2. The molecule has 3 N–H and O–H groups in total. The zero-order chi connectivity index (χ0) is 17.7. The molecule has 1 atom stereocenters. The van der Waals surface area contributed by atoms with Crippen LogP contribution in [0.15, 0.2) is 41.8 Å². The molecule has 0 spiro atoms. The number of amides is 2. The molecule has 1 aromatic carbocycles. The summed E-state index contributed by atoms with van der Waals surface area (Å²) in [5, 5.41) is 17.9. The number of nitrogens with one attached hydrogen (secondary N) is 2. The molecule has 130 valence electrons. The summed E-state index contributed by atoms with van der Waals surface area (Å²) in [7, 11) is 2.02. The zero-order valence-corrected chi connectivity index (χ0v) is 15.4. The van der Waals surface area contributed by atoms with Crippen molar-refractivity contribution in [1.29, 1.82) is 0 Å². The molecular formula is C18H25N3O2S. The second-order valence-electron chi connectivity index (χ2n) is 6.31. The molecule has 1 unspecified atom stereocenters. The van der Waals surface area contributed by atoms with E-state index in [9.17, 15) is 9.90 Å². The standard InChI is InChI=1S/C18H25N3O2S/c1-13(2)21(4)15-8-5-7-14(11-15)20-17(22)19-12-18(3,23)16-9-6-10-24-16/h5-11,13,23H,12H2,1-4H3,(H2,19,20,22). The fourth-order valence-corrected chi connectivity index (χ4v) is 2.99. The van der Waals surface area contributed by atoms with Crippen LogP contribution in [0.3, 0.4) is 0 Å². The highest BCUT2D eigenvalue weighted by Crippen LogP contribution is 2.24. The van der Waals surface area contributed by atoms with E-state index in [1.807, 2.05) is 48.8 Å². The van der Waals surface area contributed by atoms with Crippen LogP contribution in [-0.4, -0.2) is 30.8 Å². The smallest absolute Gasteiger partial charge is 0.319 e. The van der Waals surface area contributed by atoms with Crippen LogP contribution in [0.25, 0.3) is 0 Å². The molecule has 5 nitrogen and oxygen atoms in total. The molecule has 24 heavy (non-hydrogen) atoms. The number of carbonyl (C=O) groups is 1. The van der Waals surface area contributed by atoms with Crippen LogP contribution >= 0.6 is 11.3 Å². The van der Waals surface area contributed by atoms with Crippen molar-refractivity contribution in [2.75, 3.05) is 23.8 Å². The molecule has 0 aliphatic carbocycles. The minimum absolute atomic E-state index is 0.144. The molecule has 2 amide bonds. The third-order valence-electron chi connectivity index (χ3n) is 3.93. The predicted octanol–water partition coefficient (Wildman–Crippen LogP) is 3.62. The van der Waals surface area contributed by atoms with E-state index in [-0.39, 0.29) is 12.6 Å². The van der Waals surface area contributed by atoms with Gasteiger partial charge in [-0.2, -0.15) is 0 Å². The van der Waals surface area contributed by atoms with Gasteiger partial charge < -0.3 is 20.6 Å². The van der Waals surface area contributed by atoms with Crippen molar-refractivity contribution in [3.8, 4) is 0 Å². The number of hydrogen-bond donors (Lipinski definition) is 3. The Kier molecular flexibility index (Phi) is 5.85. The van der Waals surface area contributed by atoms with E-state index in [1.54, 1.807) is 6.92 Å². The summed E-state index contributed by atoms with van der Waals surface area (Å²) in [6.45, 7) is 6.06. The first kappa shape index (κ1) is 18.3. The van der Waals surface area contributed by atoms with Crippen LogP contribution in [-0.2, 0) is 5.60 Å².